The zero-order chi connectivity index (χ0) is 19.7. The minimum absolute atomic E-state index is 0.213. The van der Waals surface area contributed by atoms with Crippen LogP contribution in [0.3, 0.4) is 0 Å². The Balaban J connectivity index is 0.00000129. The van der Waals surface area contributed by atoms with Crippen molar-refractivity contribution in [3.8, 4) is 0 Å². The van der Waals surface area contributed by atoms with Gasteiger partial charge in [0, 0.05) is 6.92 Å². The van der Waals surface area contributed by atoms with Gasteiger partial charge in [0.05, 0.1) is 12.5 Å². The fourth-order valence-electron chi connectivity index (χ4n) is 1.50. The van der Waals surface area contributed by atoms with Crippen LogP contribution in [0.25, 0.3) is 0 Å². The van der Waals surface area contributed by atoms with Gasteiger partial charge in [-0.05, 0) is 33.3 Å². The summed E-state index contributed by atoms with van der Waals surface area (Å²) in [6, 6.07) is 8.74. The molecule has 0 spiro atoms. The van der Waals surface area contributed by atoms with Crippen LogP contribution in [0.2, 0.25) is 0 Å². The Morgan fingerprint density at radius 3 is 2.08 bits per heavy atom. The zero-order valence-electron chi connectivity index (χ0n) is 15.2. The predicted octanol–water partition coefficient (Wildman–Crippen LogP) is 2.60. The molecule has 0 heterocycles. The van der Waals surface area contributed by atoms with Crippen LogP contribution in [0.1, 0.15) is 40.2 Å². The van der Waals surface area contributed by atoms with Crippen LogP contribution in [0.5, 0.6) is 0 Å². The third-order valence-corrected chi connectivity index (χ3v) is 3.68. The molecule has 0 saturated heterocycles. The molecule has 25 heavy (non-hydrogen) atoms. The molecule has 1 N–H and O–H groups in total. The number of hydrogen-bond donors (Lipinski definition) is 1. The molecule has 1 rings (SSSR count). The van der Waals surface area contributed by atoms with Crippen molar-refractivity contribution in [2.24, 2.45) is 5.92 Å². The second-order valence-electron chi connectivity index (χ2n) is 6.43. The summed E-state index contributed by atoms with van der Waals surface area (Å²) >= 11 is 0. The molecule has 1 unspecified atom stereocenters. The van der Waals surface area contributed by atoms with Crippen molar-refractivity contribution in [2.75, 3.05) is 6.61 Å². The maximum absolute atomic E-state index is 11.8. The normalized spacial score (nSPS) is 12.5. The van der Waals surface area contributed by atoms with E-state index >= 15 is 0 Å². The van der Waals surface area contributed by atoms with Crippen LogP contribution in [0.15, 0.2) is 30.3 Å². The molecule has 8 heteroatoms. The lowest BCUT2D eigenvalue weighted by atomic mass is 10.1. The quantitative estimate of drug-likeness (QED) is 0.602. The molecular weight excluding hydrogens is 348 g/mol. The number of esters is 1. The number of ether oxygens (including phenoxy) is 1. The van der Waals surface area contributed by atoms with E-state index in [9.17, 15) is 13.2 Å². The molecule has 0 aliphatic carbocycles. The maximum Gasteiger partial charge on any atom is 0.311 e. The summed E-state index contributed by atoms with van der Waals surface area (Å²) in [5, 5.41) is 7.42. The summed E-state index contributed by atoms with van der Waals surface area (Å²) in [6.45, 7) is 7.70. The van der Waals surface area contributed by atoms with Gasteiger partial charge in [0.2, 0.25) is 0 Å². The van der Waals surface area contributed by atoms with E-state index in [1.807, 2.05) is 6.07 Å². The number of rotatable bonds is 6. The molecule has 0 saturated carbocycles. The summed E-state index contributed by atoms with van der Waals surface area (Å²) in [5.41, 5.74) is 0.0382. The topological polar surface area (TPSA) is 107 Å². The van der Waals surface area contributed by atoms with E-state index in [-0.39, 0.29) is 12.4 Å². The molecule has 0 bridgehead atoms. The molecule has 0 aromatic heterocycles. The summed E-state index contributed by atoms with van der Waals surface area (Å²) < 4.78 is 33.7. The smallest absolute Gasteiger partial charge is 0.311 e. The first-order valence-electron chi connectivity index (χ1n) is 7.66. The standard InChI is InChI=1S/C15H22O5S.C2H4O2/c1-12(14(16)20-15(2,3)4)10-19-21(17,18)11-13-8-6-5-7-9-13;1-2(3)4/h5-9,12H,10-11H2,1-4H3;1H3,(H,3,4). The molecular formula is C17H26O7S. The number of aliphatic carboxylic acids is 1. The number of carboxylic acids is 1. The molecule has 1 aromatic carbocycles. The Hall–Kier alpha value is -1.93. The summed E-state index contributed by atoms with van der Waals surface area (Å²) in [4.78, 5) is 20.7. The van der Waals surface area contributed by atoms with Crippen LogP contribution in [0.4, 0.5) is 0 Å². The van der Waals surface area contributed by atoms with E-state index in [4.69, 9.17) is 18.8 Å². The van der Waals surface area contributed by atoms with Crippen molar-refractivity contribution >= 4 is 22.1 Å². The van der Waals surface area contributed by atoms with Gasteiger partial charge in [0.25, 0.3) is 16.1 Å². The van der Waals surface area contributed by atoms with Gasteiger partial charge in [-0.2, -0.15) is 8.42 Å². The molecule has 0 aliphatic heterocycles. The van der Waals surface area contributed by atoms with Gasteiger partial charge in [-0.1, -0.05) is 30.3 Å². The van der Waals surface area contributed by atoms with Crippen molar-refractivity contribution < 1.29 is 32.0 Å². The number of hydrogen-bond acceptors (Lipinski definition) is 6. The minimum Gasteiger partial charge on any atom is -0.481 e. The fraction of sp³-hybridized carbons (Fsp3) is 0.529. The van der Waals surface area contributed by atoms with Crippen LogP contribution >= 0.6 is 0 Å². The van der Waals surface area contributed by atoms with Crippen molar-refractivity contribution in [3.05, 3.63) is 35.9 Å². The molecule has 0 radical (unpaired) electrons. The molecule has 142 valence electrons. The van der Waals surface area contributed by atoms with E-state index in [0.717, 1.165) is 6.92 Å². The number of benzene rings is 1. The second kappa shape index (κ2) is 10.1. The predicted molar refractivity (Wildman–Crippen MR) is 93.3 cm³/mol. The molecule has 0 fully saturated rings. The lowest BCUT2D eigenvalue weighted by Crippen LogP contribution is -2.30. The third kappa shape index (κ3) is 13.1. The third-order valence-electron chi connectivity index (χ3n) is 2.49. The Morgan fingerprint density at radius 1 is 1.16 bits per heavy atom. The highest BCUT2D eigenvalue weighted by Gasteiger charge is 2.24. The molecule has 0 aliphatic rings. The van der Waals surface area contributed by atoms with E-state index in [0.29, 0.717) is 5.56 Å². The number of carboxylic acid groups (broad SMARTS) is 1. The Bertz CT molecular complexity index is 641. The van der Waals surface area contributed by atoms with Gasteiger partial charge in [-0.3, -0.25) is 13.8 Å². The summed E-state index contributed by atoms with van der Waals surface area (Å²) in [5.74, 6) is -2.17. The average molecular weight is 374 g/mol. The van der Waals surface area contributed by atoms with E-state index < -0.39 is 33.6 Å². The zero-order valence-corrected chi connectivity index (χ0v) is 16.0. The van der Waals surface area contributed by atoms with Crippen LogP contribution in [-0.4, -0.2) is 37.7 Å². The van der Waals surface area contributed by atoms with Crippen molar-refractivity contribution in [2.45, 2.75) is 46.0 Å². The summed E-state index contributed by atoms with van der Waals surface area (Å²) in [7, 11) is -3.71. The van der Waals surface area contributed by atoms with E-state index in [1.54, 1.807) is 52.0 Å². The molecule has 1 aromatic rings. The summed E-state index contributed by atoms with van der Waals surface area (Å²) in [6.07, 6.45) is 0. The fourth-order valence-corrected chi connectivity index (χ4v) is 2.59. The van der Waals surface area contributed by atoms with Crippen LogP contribution in [-0.2, 0) is 34.4 Å². The highest BCUT2D eigenvalue weighted by atomic mass is 32.2. The number of carbonyl (C=O) groups is 2. The first kappa shape index (κ1) is 23.1. The van der Waals surface area contributed by atoms with Gasteiger partial charge in [-0.25, -0.2) is 0 Å². The van der Waals surface area contributed by atoms with Gasteiger partial charge in [0.1, 0.15) is 11.4 Å². The molecule has 7 nitrogen and oxygen atoms in total. The Kier molecular flexibility index (Phi) is 9.37. The van der Waals surface area contributed by atoms with Gasteiger partial charge in [0.15, 0.2) is 0 Å². The average Bonchev–Trinajstić information content (AvgIpc) is 2.43. The Labute approximate surface area is 149 Å². The van der Waals surface area contributed by atoms with E-state index in [1.165, 1.54) is 0 Å². The van der Waals surface area contributed by atoms with E-state index in [2.05, 4.69) is 0 Å². The lowest BCUT2D eigenvalue weighted by molar-refractivity contribution is -0.160. The number of carbonyl (C=O) groups excluding carboxylic acids is 1. The second-order valence-corrected chi connectivity index (χ2v) is 8.07. The first-order valence-corrected chi connectivity index (χ1v) is 9.23. The molecule has 0 amide bonds. The van der Waals surface area contributed by atoms with Crippen molar-refractivity contribution in [3.63, 3.8) is 0 Å². The van der Waals surface area contributed by atoms with Gasteiger partial charge >= 0.3 is 5.97 Å². The van der Waals surface area contributed by atoms with Gasteiger partial charge in [-0.15, -0.1) is 0 Å². The first-order chi connectivity index (χ1) is 11.3. The van der Waals surface area contributed by atoms with Gasteiger partial charge < -0.3 is 9.84 Å². The van der Waals surface area contributed by atoms with Crippen molar-refractivity contribution in [1.82, 2.24) is 0 Å². The monoisotopic (exact) mass is 374 g/mol. The lowest BCUT2D eigenvalue weighted by Gasteiger charge is -2.22. The van der Waals surface area contributed by atoms with Crippen LogP contribution in [0, 0.1) is 5.92 Å². The highest BCUT2D eigenvalue weighted by Crippen LogP contribution is 2.13. The van der Waals surface area contributed by atoms with Crippen LogP contribution < -0.4 is 0 Å². The maximum atomic E-state index is 11.8. The Morgan fingerprint density at radius 2 is 1.64 bits per heavy atom. The van der Waals surface area contributed by atoms with Crippen molar-refractivity contribution in [1.29, 1.82) is 0 Å². The minimum atomic E-state index is -3.71. The SMILES string of the molecule is CC(=O)O.CC(COS(=O)(=O)Cc1ccccc1)C(=O)OC(C)(C)C. The largest absolute Gasteiger partial charge is 0.481 e. The molecule has 1 atom stereocenters. The highest BCUT2D eigenvalue weighted by molar-refractivity contribution is 7.85.